The predicted molar refractivity (Wildman–Crippen MR) is 108 cm³/mol. The number of hydrogen-bond acceptors (Lipinski definition) is 4. The van der Waals surface area contributed by atoms with Crippen LogP contribution in [0, 0.1) is 17.0 Å². The molecule has 3 rings (SSSR count). The molecule has 9 heteroatoms. The van der Waals surface area contributed by atoms with Crippen molar-refractivity contribution < 1.29 is 18.0 Å². The highest BCUT2D eigenvalue weighted by atomic mass is 35.5. The third-order valence-electron chi connectivity index (χ3n) is 4.97. The van der Waals surface area contributed by atoms with E-state index in [0.717, 1.165) is 18.6 Å². The number of hydrogen-bond donors (Lipinski definition) is 1. The molecule has 5 nitrogen and oxygen atoms in total. The Morgan fingerprint density at radius 3 is 2.71 bits per heavy atom. The van der Waals surface area contributed by atoms with Crippen molar-refractivity contribution >= 4 is 30.7 Å². The first-order valence-corrected chi connectivity index (χ1v) is 8.70. The smallest absolute Gasteiger partial charge is 0.223 e. The first-order valence-electron chi connectivity index (χ1n) is 8.70. The summed E-state index contributed by atoms with van der Waals surface area (Å²) in [6.45, 7) is 5.41. The van der Waals surface area contributed by atoms with E-state index in [1.54, 1.807) is 0 Å². The van der Waals surface area contributed by atoms with E-state index in [1.807, 2.05) is 4.90 Å². The van der Waals surface area contributed by atoms with Crippen LogP contribution in [-0.4, -0.2) is 34.9 Å². The number of carbonyl (C=O) groups excluding carboxylic acids is 1. The Labute approximate surface area is 175 Å². The van der Waals surface area contributed by atoms with Crippen LogP contribution in [0.4, 0.5) is 8.78 Å². The number of piperidine rings is 1. The Balaban J connectivity index is 0.00000196. The van der Waals surface area contributed by atoms with Gasteiger partial charge < -0.3 is 15.1 Å². The fourth-order valence-corrected chi connectivity index (χ4v) is 3.20. The van der Waals surface area contributed by atoms with Gasteiger partial charge in [0.1, 0.15) is 11.6 Å². The van der Waals surface area contributed by atoms with Crippen molar-refractivity contribution in [1.29, 1.82) is 0 Å². The molecule has 0 radical (unpaired) electrons. The zero-order valence-corrected chi connectivity index (χ0v) is 17.4. The quantitative estimate of drug-likeness (QED) is 0.787. The average molecular weight is 436 g/mol. The summed E-state index contributed by atoms with van der Waals surface area (Å²) in [4.78, 5) is 18.4. The monoisotopic (exact) mass is 435 g/mol. The van der Waals surface area contributed by atoms with Crippen molar-refractivity contribution in [3.63, 3.8) is 0 Å². The van der Waals surface area contributed by atoms with Gasteiger partial charge in [-0.05, 0) is 24.0 Å². The van der Waals surface area contributed by atoms with Gasteiger partial charge in [0.15, 0.2) is 11.7 Å². The van der Waals surface area contributed by atoms with Gasteiger partial charge in [0.2, 0.25) is 5.91 Å². The Kier molecular flexibility index (Phi) is 8.41. The van der Waals surface area contributed by atoms with Crippen molar-refractivity contribution in [3.05, 3.63) is 41.9 Å². The van der Waals surface area contributed by atoms with E-state index in [4.69, 9.17) is 10.2 Å². The fourth-order valence-electron chi connectivity index (χ4n) is 3.20. The van der Waals surface area contributed by atoms with E-state index < -0.39 is 11.6 Å². The molecule has 1 aromatic carbocycles. The lowest BCUT2D eigenvalue weighted by atomic mass is 9.79. The van der Waals surface area contributed by atoms with Gasteiger partial charge in [0.05, 0.1) is 11.8 Å². The molecular formula is C19H25Cl2F2N3O2. The standard InChI is InChI=1S/C19H23F2N3O2.2ClH/c1-19(2)11-24(8-7-16(19)22)18(25)6-5-17-23-10-15(26-17)13-4-3-12(20)9-14(13)21;;/h3-4,9-10,16H,5-8,11,22H2,1-2H3;2*1H. The largest absolute Gasteiger partial charge is 0.441 e. The average Bonchev–Trinajstić information content (AvgIpc) is 3.03. The maximum absolute atomic E-state index is 13.8. The molecule has 1 aromatic heterocycles. The number of nitrogens with two attached hydrogens (primary N) is 1. The molecule has 2 N–H and O–H groups in total. The lowest BCUT2D eigenvalue weighted by Gasteiger charge is -2.42. The minimum Gasteiger partial charge on any atom is -0.441 e. The van der Waals surface area contributed by atoms with E-state index in [0.29, 0.717) is 25.4 Å². The van der Waals surface area contributed by atoms with E-state index in [9.17, 15) is 13.6 Å². The predicted octanol–water partition coefficient (Wildman–Crippen LogP) is 3.98. The van der Waals surface area contributed by atoms with Gasteiger partial charge in [0, 0.05) is 38.0 Å². The Hall–Kier alpha value is -1.70. The molecule has 1 amide bonds. The molecule has 1 atom stereocenters. The number of aryl methyl sites for hydroxylation is 1. The summed E-state index contributed by atoms with van der Waals surface area (Å²) in [6.07, 6.45) is 2.76. The minimum atomic E-state index is -0.712. The molecule has 0 spiro atoms. The third-order valence-corrected chi connectivity index (χ3v) is 4.97. The van der Waals surface area contributed by atoms with Crippen LogP contribution in [0.5, 0.6) is 0 Å². The van der Waals surface area contributed by atoms with Gasteiger partial charge in [-0.25, -0.2) is 13.8 Å². The first-order chi connectivity index (χ1) is 12.3. The molecule has 2 aromatic rings. The molecule has 1 fully saturated rings. The molecule has 156 valence electrons. The number of nitrogens with zero attached hydrogens (tertiary/aromatic N) is 2. The summed E-state index contributed by atoms with van der Waals surface area (Å²) in [6, 6.07) is 3.35. The summed E-state index contributed by atoms with van der Waals surface area (Å²) >= 11 is 0. The molecule has 2 heterocycles. The molecule has 1 aliphatic rings. The van der Waals surface area contributed by atoms with Crippen LogP contribution in [0.2, 0.25) is 0 Å². The number of carbonyl (C=O) groups is 1. The topological polar surface area (TPSA) is 72.4 Å². The van der Waals surface area contributed by atoms with Gasteiger partial charge in [-0.1, -0.05) is 13.8 Å². The molecule has 28 heavy (non-hydrogen) atoms. The molecular weight excluding hydrogens is 411 g/mol. The Morgan fingerprint density at radius 2 is 2.07 bits per heavy atom. The number of rotatable bonds is 4. The lowest BCUT2D eigenvalue weighted by Crippen LogP contribution is -2.54. The van der Waals surface area contributed by atoms with Gasteiger partial charge in [-0.3, -0.25) is 4.79 Å². The SMILES string of the molecule is CC1(C)CN(C(=O)CCc2ncc(-c3ccc(F)cc3F)o2)CCC1N.Cl.Cl. The van der Waals surface area contributed by atoms with Crippen LogP contribution in [0.1, 0.15) is 32.6 Å². The number of aromatic nitrogens is 1. The molecule has 1 aliphatic heterocycles. The summed E-state index contributed by atoms with van der Waals surface area (Å²) < 4.78 is 32.3. The second-order valence-corrected chi connectivity index (χ2v) is 7.44. The summed E-state index contributed by atoms with van der Waals surface area (Å²) in [5.74, 6) is -0.769. The number of likely N-dealkylation sites (tertiary alicyclic amines) is 1. The van der Waals surface area contributed by atoms with Crippen LogP contribution in [0.15, 0.2) is 28.8 Å². The summed E-state index contributed by atoms with van der Waals surface area (Å²) in [7, 11) is 0. The van der Waals surface area contributed by atoms with Crippen LogP contribution in [0.3, 0.4) is 0 Å². The van der Waals surface area contributed by atoms with Gasteiger partial charge in [-0.2, -0.15) is 0 Å². The third kappa shape index (κ3) is 5.43. The Bertz CT molecular complexity index is 814. The number of halogens is 4. The van der Waals surface area contributed by atoms with Crippen LogP contribution in [0.25, 0.3) is 11.3 Å². The van der Waals surface area contributed by atoms with Crippen molar-refractivity contribution in [1.82, 2.24) is 9.88 Å². The van der Waals surface area contributed by atoms with E-state index >= 15 is 0 Å². The number of oxazole rings is 1. The second-order valence-electron chi connectivity index (χ2n) is 7.44. The zero-order chi connectivity index (χ0) is 18.9. The molecule has 1 saturated heterocycles. The van der Waals surface area contributed by atoms with Crippen molar-refractivity contribution in [2.75, 3.05) is 13.1 Å². The van der Waals surface area contributed by atoms with Crippen LogP contribution in [-0.2, 0) is 11.2 Å². The maximum atomic E-state index is 13.8. The molecule has 1 unspecified atom stereocenters. The molecule has 0 aliphatic carbocycles. The van der Waals surface area contributed by atoms with Gasteiger partial charge in [0.25, 0.3) is 0 Å². The minimum absolute atomic E-state index is 0. The van der Waals surface area contributed by atoms with Crippen molar-refractivity contribution in [2.24, 2.45) is 11.1 Å². The highest BCUT2D eigenvalue weighted by Gasteiger charge is 2.35. The van der Waals surface area contributed by atoms with Gasteiger partial charge >= 0.3 is 0 Å². The number of benzene rings is 1. The Morgan fingerprint density at radius 1 is 1.36 bits per heavy atom. The lowest BCUT2D eigenvalue weighted by molar-refractivity contribution is -0.134. The number of amides is 1. The van der Waals surface area contributed by atoms with Gasteiger partial charge in [-0.15, -0.1) is 24.8 Å². The first kappa shape index (κ1) is 24.3. The fraction of sp³-hybridized carbons (Fsp3) is 0.474. The zero-order valence-electron chi connectivity index (χ0n) is 15.8. The highest BCUT2D eigenvalue weighted by Crippen LogP contribution is 2.28. The second kappa shape index (κ2) is 9.67. The van der Waals surface area contributed by atoms with Crippen LogP contribution >= 0.6 is 24.8 Å². The normalized spacial score (nSPS) is 18.2. The van der Waals surface area contributed by atoms with Crippen LogP contribution < -0.4 is 5.73 Å². The van der Waals surface area contributed by atoms with Crippen molar-refractivity contribution in [3.8, 4) is 11.3 Å². The molecule has 0 saturated carbocycles. The van der Waals surface area contributed by atoms with E-state index in [1.165, 1.54) is 12.3 Å². The molecule has 0 bridgehead atoms. The summed E-state index contributed by atoms with van der Waals surface area (Å²) in [5.41, 5.74) is 6.14. The summed E-state index contributed by atoms with van der Waals surface area (Å²) in [5, 5.41) is 0. The highest BCUT2D eigenvalue weighted by molar-refractivity contribution is 5.85. The maximum Gasteiger partial charge on any atom is 0.223 e. The van der Waals surface area contributed by atoms with Crippen molar-refractivity contribution in [2.45, 2.75) is 39.2 Å². The van der Waals surface area contributed by atoms with E-state index in [2.05, 4.69) is 18.8 Å². The van der Waals surface area contributed by atoms with E-state index in [-0.39, 0.29) is 59.9 Å².